The van der Waals surface area contributed by atoms with Crippen LogP contribution < -0.4 is 10.2 Å². The molecule has 2 atom stereocenters. The Bertz CT molecular complexity index is 313. The number of piperazine rings is 1. The Hall–Kier alpha value is -1.09. The molecule has 3 nitrogen and oxygen atoms in total. The van der Waals surface area contributed by atoms with Crippen molar-refractivity contribution in [3.8, 4) is 0 Å². The van der Waals surface area contributed by atoms with E-state index in [0.717, 1.165) is 13.1 Å². The predicted octanol–water partition coefficient (Wildman–Crippen LogP) is 1.41. The summed E-state index contributed by atoms with van der Waals surface area (Å²) in [5.41, 5.74) is 1.27. The van der Waals surface area contributed by atoms with E-state index in [1.54, 1.807) is 0 Å². The van der Waals surface area contributed by atoms with Crippen LogP contribution in [0, 0.1) is 0 Å². The summed E-state index contributed by atoms with van der Waals surface area (Å²) in [7, 11) is 0. The van der Waals surface area contributed by atoms with E-state index in [1.165, 1.54) is 24.9 Å². The molecule has 0 saturated carbocycles. The predicted molar refractivity (Wildman–Crippen MR) is 61.0 cm³/mol. The number of hydrogen-bond acceptors (Lipinski definition) is 3. The van der Waals surface area contributed by atoms with Gasteiger partial charge in [0, 0.05) is 31.4 Å². The second kappa shape index (κ2) is 3.81. The molecule has 0 radical (unpaired) electrons. The first-order chi connectivity index (χ1) is 7.42. The Morgan fingerprint density at radius 3 is 2.73 bits per heavy atom. The summed E-state index contributed by atoms with van der Waals surface area (Å²) in [5.74, 6) is 0. The molecule has 3 heteroatoms. The van der Waals surface area contributed by atoms with Crippen molar-refractivity contribution in [2.75, 3.05) is 18.0 Å². The Balaban J connectivity index is 1.78. The quantitative estimate of drug-likeness (QED) is 0.748. The average Bonchev–Trinajstić information content (AvgIpc) is 2.30. The Morgan fingerprint density at radius 1 is 1.27 bits per heavy atom. The molecule has 0 aromatic carbocycles. The van der Waals surface area contributed by atoms with Crippen LogP contribution in [0.4, 0.5) is 5.69 Å². The highest BCUT2D eigenvalue weighted by atomic mass is 15.2. The smallest absolute Gasteiger partial charge is 0.0553 e. The van der Waals surface area contributed by atoms with E-state index in [1.807, 2.05) is 18.5 Å². The number of pyridine rings is 1. The first kappa shape index (κ1) is 9.16. The van der Waals surface area contributed by atoms with Crippen LogP contribution in [0.3, 0.4) is 0 Å². The number of nitrogens with zero attached hydrogens (tertiary/aromatic N) is 2. The molecule has 2 bridgehead atoms. The molecule has 2 saturated heterocycles. The maximum absolute atomic E-state index is 4.19. The van der Waals surface area contributed by atoms with Gasteiger partial charge in [0.05, 0.1) is 11.9 Å². The summed E-state index contributed by atoms with van der Waals surface area (Å²) >= 11 is 0. The van der Waals surface area contributed by atoms with Crippen LogP contribution in [-0.4, -0.2) is 30.2 Å². The van der Waals surface area contributed by atoms with Gasteiger partial charge in [0.25, 0.3) is 0 Å². The van der Waals surface area contributed by atoms with Crippen LogP contribution in [0.2, 0.25) is 0 Å². The number of piperidine rings is 1. The standard InChI is InChI=1S/C12H17N3/c1-3-10-8-15(9-11(4-1)14-10)12-5-2-6-13-7-12/h2,5-7,10-11,14H,1,3-4,8-9H2/t10-,11+. The fourth-order valence-corrected chi connectivity index (χ4v) is 2.76. The summed E-state index contributed by atoms with van der Waals surface area (Å²) in [6, 6.07) is 5.57. The highest BCUT2D eigenvalue weighted by Gasteiger charge is 2.29. The van der Waals surface area contributed by atoms with E-state index >= 15 is 0 Å². The van der Waals surface area contributed by atoms with Crippen molar-refractivity contribution in [3.63, 3.8) is 0 Å². The van der Waals surface area contributed by atoms with Crippen molar-refractivity contribution in [1.29, 1.82) is 0 Å². The number of anilines is 1. The molecular weight excluding hydrogens is 186 g/mol. The summed E-state index contributed by atoms with van der Waals surface area (Å²) in [5, 5.41) is 3.69. The zero-order valence-electron chi connectivity index (χ0n) is 8.89. The molecule has 3 heterocycles. The first-order valence-electron chi connectivity index (χ1n) is 5.83. The molecule has 1 N–H and O–H groups in total. The maximum atomic E-state index is 4.19. The lowest BCUT2D eigenvalue weighted by Crippen LogP contribution is -2.58. The summed E-state index contributed by atoms with van der Waals surface area (Å²) in [4.78, 5) is 6.66. The van der Waals surface area contributed by atoms with Gasteiger partial charge in [-0.1, -0.05) is 6.42 Å². The lowest BCUT2D eigenvalue weighted by molar-refractivity contribution is 0.283. The van der Waals surface area contributed by atoms with E-state index < -0.39 is 0 Å². The number of aromatic nitrogens is 1. The molecule has 0 spiro atoms. The molecule has 0 amide bonds. The Kier molecular flexibility index (Phi) is 2.33. The third kappa shape index (κ3) is 1.84. The lowest BCUT2D eigenvalue weighted by Gasteiger charge is -2.43. The highest BCUT2D eigenvalue weighted by molar-refractivity contribution is 5.44. The molecule has 2 aliphatic rings. The summed E-state index contributed by atoms with van der Waals surface area (Å²) in [6.07, 6.45) is 7.86. The van der Waals surface area contributed by atoms with Gasteiger partial charge < -0.3 is 10.2 Å². The van der Waals surface area contributed by atoms with Gasteiger partial charge in [0.2, 0.25) is 0 Å². The van der Waals surface area contributed by atoms with E-state index in [2.05, 4.69) is 21.3 Å². The Labute approximate surface area is 90.5 Å². The molecule has 2 fully saturated rings. The zero-order chi connectivity index (χ0) is 10.1. The van der Waals surface area contributed by atoms with Crippen LogP contribution in [0.5, 0.6) is 0 Å². The maximum Gasteiger partial charge on any atom is 0.0553 e. The van der Waals surface area contributed by atoms with Crippen LogP contribution in [0.1, 0.15) is 19.3 Å². The molecule has 80 valence electrons. The second-order valence-electron chi connectivity index (χ2n) is 4.61. The SMILES string of the molecule is c1cncc(N2C[C@H]3CCC[C@@H](C2)N3)c1. The van der Waals surface area contributed by atoms with Crippen LogP contribution in [0.25, 0.3) is 0 Å². The van der Waals surface area contributed by atoms with Gasteiger partial charge in [-0.25, -0.2) is 0 Å². The molecule has 3 rings (SSSR count). The second-order valence-corrected chi connectivity index (χ2v) is 4.61. The third-order valence-corrected chi connectivity index (χ3v) is 3.47. The van der Waals surface area contributed by atoms with Crippen LogP contribution in [-0.2, 0) is 0 Å². The average molecular weight is 203 g/mol. The van der Waals surface area contributed by atoms with Gasteiger partial charge in [-0.2, -0.15) is 0 Å². The number of nitrogens with one attached hydrogen (secondary N) is 1. The Morgan fingerprint density at radius 2 is 2.07 bits per heavy atom. The molecule has 1 aromatic rings. The fourth-order valence-electron chi connectivity index (χ4n) is 2.76. The van der Waals surface area contributed by atoms with Crippen molar-refractivity contribution in [3.05, 3.63) is 24.5 Å². The number of fused-ring (bicyclic) bond motifs is 2. The van der Waals surface area contributed by atoms with Crippen molar-refractivity contribution >= 4 is 5.69 Å². The molecule has 2 aliphatic heterocycles. The van der Waals surface area contributed by atoms with Gasteiger partial charge in [-0.05, 0) is 25.0 Å². The molecule has 1 aromatic heterocycles. The van der Waals surface area contributed by atoms with E-state index in [0.29, 0.717) is 12.1 Å². The van der Waals surface area contributed by atoms with Crippen molar-refractivity contribution in [2.45, 2.75) is 31.3 Å². The van der Waals surface area contributed by atoms with Gasteiger partial charge in [0.15, 0.2) is 0 Å². The van der Waals surface area contributed by atoms with Crippen molar-refractivity contribution < 1.29 is 0 Å². The minimum atomic E-state index is 0.692. The zero-order valence-corrected chi connectivity index (χ0v) is 8.89. The number of hydrogen-bond donors (Lipinski definition) is 1. The van der Waals surface area contributed by atoms with E-state index in [-0.39, 0.29) is 0 Å². The minimum absolute atomic E-state index is 0.692. The van der Waals surface area contributed by atoms with E-state index in [9.17, 15) is 0 Å². The van der Waals surface area contributed by atoms with Gasteiger partial charge in [-0.3, -0.25) is 4.98 Å². The van der Waals surface area contributed by atoms with E-state index in [4.69, 9.17) is 0 Å². The third-order valence-electron chi connectivity index (χ3n) is 3.47. The fraction of sp³-hybridized carbons (Fsp3) is 0.583. The topological polar surface area (TPSA) is 28.2 Å². The molecule has 0 aliphatic carbocycles. The highest BCUT2D eigenvalue weighted by Crippen LogP contribution is 2.23. The molecular formula is C12H17N3. The largest absolute Gasteiger partial charge is 0.367 e. The van der Waals surface area contributed by atoms with Crippen molar-refractivity contribution in [1.82, 2.24) is 10.3 Å². The first-order valence-corrected chi connectivity index (χ1v) is 5.83. The lowest BCUT2D eigenvalue weighted by atomic mass is 9.94. The van der Waals surface area contributed by atoms with Gasteiger partial charge >= 0.3 is 0 Å². The number of rotatable bonds is 1. The minimum Gasteiger partial charge on any atom is -0.367 e. The summed E-state index contributed by atoms with van der Waals surface area (Å²) < 4.78 is 0. The summed E-state index contributed by atoms with van der Waals surface area (Å²) in [6.45, 7) is 2.28. The molecule has 15 heavy (non-hydrogen) atoms. The van der Waals surface area contributed by atoms with Crippen LogP contribution >= 0.6 is 0 Å². The monoisotopic (exact) mass is 203 g/mol. The van der Waals surface area contributed by atoms with Crippen molar-refractivity contribution in [2.24, 2.45) is 0 Å². The van der Waals surface area contributed by atoms with Gasteiger partial charge in [-0.15, -0.1) is 0 Å². The normalized spacial score (nSPS) is 30.3. The van der Waals surface area contributed by atoms with Gasteiger partial charge in [0.1, 0.15) is 0 Å². The molecule has 0 unspecified atom stereocenters. The van der Waals surface area contributed by atoms with Crippen LogP contribution in [0.15, 0.2) is 24.5 Å².